The zero-order chi connectivity index (χ0) is 17.9. The highest BCUT2D eigenvalue weighted by Gasteiger charge is 2.70. The third-order valence-corrected chi connectivity index (χ3v) is 7.36. The third-order valence-electron chi connectivity index (χ3n) is 7.36. The van der Waals surface area contributed by atoms with Crippen molar-refractivity contribution >= 4 is 16.7 Å². The van der Waals surface area contributed by atoms with E-state index in [1.165, 1.54) is 16.6 Å². The summed E-state index contributed by atoms with van der Waals surface area (Å²) in [5, 5.41) is 1.31. The van der Waals surface area contributed by atoms with Gasteiger partial charge in [-0.1, -0.05) is 44.9 Å². The number of hydrogen-bond acceptors (Lipinski definition) is 1. The maximum atomic E-state index is 13.5. The van der Waals surface area contributed by atoms with E-state index in [0.29, 0.717) is 11.9 Å². The van der Waals surface area contributed by atoms with E-state index in [1.807, 2.05) is 0 Å². The molecule has 26 heavy (non-hydrogen) atoms. The lowest BCUT2D eigenvalue weighted by Gasteiger charge is -2.60. The molecule has 0 aliphatic carbocycles. The molecular weight excluding hydrogens is 322 g/mol. The van der Waals surface area contributed by atoms with Crippen LogP contribution in [0.25, 0.3) is 10.9 Å². The standard InChI is InChI=1S/C22H29N3O/c1-3-9-21-12-24-14-22(10-4-2,20(21)26)15-25(13-21)19(24)18-11-16-7-5-6-8-17(16)23-18/h5-8,11,19,23H,3-4,9-10,12-15H2,1-2H3/p+2. The monoisotopic (exact) mass is 353 g/mol. The number of quaternary nitrogens is 2. The van der Waals surface area contributed by atoms with Gasteiger partial charge in [0.1, 0.15) is 42.7 Å². The molecule has 138 valence electrons. The number of carbonyl (C=O) groups excluding carboxylic acids is 1. The van der Waals surface area contributed by atoms with Gasteiger partial charge >= 0.3 is 0 Å². The normalized spacial score (nSPS) is 38.4. The van der Waals surface area contributed by atoms with Crippen molar-refractivity contribution in [1.29, 1.82) is 0 Å². The number of H-pyrrole nitrogens is 1. The summed E-state index contributed by atoms with van der Waals surface area (Å²) < 4.78 is 0. The van der Waals surface area contributed by atoms with Gasteiger partial charge in [0.05, 0.1) is 0 Å². The van der Waals surface area contributed by atoms with Gasteiger partial charge in [-0.05, 0) is 25.0 Å². The van der Waals surface area contributed by atoms with Gasteiger partial charge in [0.15, 0.2) is 5.78 Å². The highest BCUT2D eigenvalue weighted by atomic mass is 16.1. The molecule has 0 unspecified atom stereocenters. The van der Waals surface area contributed by atoms with Crippen LogP contribution in [0, 0.1) is 10.8 Å². The quantitative estimate of drug-likeness (QED) is 0.741. The number of nitrogens with one attached hydrogen (secondary N) is 3. The van der Waals surface area contributed by atoms with Crippen molar-refractivity contribution < 1.29 is 14.6 Å². The van der Waals surface area contributed by atoms with Crippen molar-refractivity contribution in [3.05, 3.63) is 36.0 Å². The molecule has 4 saturated heterocycles. The lowest BCUT2D eigenvalue weighted by molar-refractivity contribution is -1.18. The van der Waals surface area contributed by atoms with E-state index < -0.39 is 0 Å². The van der Waals surface area contributed by atoms with Crippen LogP contribution in [0.1, 0.15) is 51.4 Å². The molecule has 3 N–H and O–H groups in total. The molecule has 4 fully saturated rings. The van der Waals surface area contributed by atoms with E-state index >= 15 is 0 Å². The average molecular weight is 354 g/mol. The highest BCUT2D eigenvalue weighted by molar-refractivity contribution is 5.92. The summed E-state index contributed by atoms with van der Waals surface area (Å²) in [6.07, 6.45) is 4.84. The van der Waals surface area contributed by atoms with Crippen molar-refractivity contribution in [2.75, 3.05) is 26.2 Å². The number of benzene rings is 1. The maximum absolute atomic E-state index is 13.5. The average Bonchev–Trinajstić information content (AvgIpc) is 3.03. The molecule has 0 atom stereocenters. The topological polar surface area (TPSA) is 41.7 Å². The van der Waals surface area contributed by atoms with Gasteiger partial charge in [0.2, 0.25) is 0 Å². The fourth-order valence-electron chi connectivity index (χ4n) is 6.80. The van der Waals surface area contributed by atoms with Crippen LogP contribution in [0.4, 0.5) is 0 Å². The van der Waals surface area contributed by atoms with Crippen molar-refractivity contribution in [3.8, 4) is 0 Å². The summed E-state index contributed by atoms with van der Waals surface area (Å²) in [4.78, 5) is 20.5. The SMILES string of the molecule is CCCC12C[NH+]3CC(CCC)(C[NH+](C1)C3c1cc3ccccc3[nH]1)C2=O. The van der Waals surface area contributed by atoms with Crippen molar-refractivity contribution in [3.63, 3.8) is 0 Å². The lowest BCUT2D eigenvalue weighted by atomic mass is 9.57. The van der Waals surface area contributed by atoms with E-state index in [0.717, 1.165) is 51.9 Å². The van der Waals surface area contributed by atoms with Gasteiger partial charge < -0.3 is 4.98 Å². The number of para-hydroxylation sites is 1. The first kappa shape index (κ1) is 16.5. The summed E-state index contributed by atoms with van der Waals surface area (Å²) in [6, 6.07) is 10.9. The van der Waals surface area contributed by atoms with E-state index in [1.54, 1.807) is 9.80 Å². The molecule has 1 aromatic heterocycles. The van der Waals surface area contributed by atoms with Crippen LogP contribution in [0.3, 0.4) is 0 Å². The zero-order valence-electron chi connectivity index (χ0n) is 16.0. The van der Waals surface area contributed by atoms with Crippen LogP contribution >= 0.6 is 0 Å². The Morgan fingerprint density at radius 1 is 1.00 bits per heavy atom. The number of aromatic nitrogens is 1. The number of hydrogen-bond donors (Lipinski definition) is 3. The molecule has 5 heterocycles. The molecule has 4 heteroatoms. The minimum absolute atomic E-state index is 0.0619. The fourth-order valence-corrected chi connectivity index (χ4v) is 6.80. The molecule has 2 aromatic rings. The van der Waals surface area contributed by atoms with E-state index in [9.17, 15) is 4.79 Å². The summed E-state index contributed by atoms with van der Waals surface area (Å²) in [5.74, 6) is 0.622. The van der Waals surface area contributed by atoms with Crippen molar-refractivity contribution in [1.82, 2.24) is 4.98 Å². The molecule has 0 spiro atoms. The number of piperidine rings is 2. The Morgan fingerprint density at radius 3 is 2.12 bits per heavy atom. The minimum atomic E-state index is -0.0619. The Morgan fingerprint density at radius 2 is 1.58 bits per heavy atom. The Kier molecular flexibility index (Phi) is 3.60. The van der Waals surface area contributed by atoms with Gasteiger partial charge in [0, 0.05) is 10.9 Å². The molecule has 0 saturated carbocycles. The fraction of sp³-hybridized carbons (Fsp3) is 0.591. The number of fused-ring (bicyclic) bond motifs is 1. The largest absolute Gasteiger partial charge is 0.348 e. The maximum Gasteiger partial charge on any atom is 0.255 e. The van der Waals surface area contributed by atoms with E-state index in [-0.39, 0.29) is 10.8 Å². The van der Waals surface area contributed by atoms with E-state index in [2.05, 4.69) is 49.2 Å². The summed E-state index contributed by atoms with van der Waals surface area (Å²) in [5.41, 5.74) is 2.47. The molecule has 4 aliphatic heterocycles. The number of Topliss-reactive ketones (excluding diaryl/α,β-unsaturated/α-hetero) is 1. The van der Waals surface area contributed by atoms with Crippen molar-refractivity contribution in [2.45, 2.75) is 45.7 Å². The second kappa shape index (κ2) is 5.67. The molecule has 1 aromatic carbocycles. The molecule has 4 aliphatic rings. The Hall–Kier alpha value is -1.65. The molecular formula is C22H31N3O+2. The van der Waals surface area contributed by atoms with Gasteiger partial charge in [-0.2, -0.15) is 0 Å². The van der Waals surface area contributed by atoms with Crippen LogP contribution < -0.4 is 9.80 Å². The first-order valence-corrected chi connectivity index (χ1v) is 10.4. The number of ketones is 1. The van der Waals surface area contributed by atoms with Crippen LogP contribution in [-0.4, -0.2) is 36.9 Å². The Balaban J connectivity index is 1.56. The summed E-state index contributed by atoms with van der Waals surface area (Å²) in [7, 11) is 0. The first-order valence-electron chi connectivity index (χ1n) is 10.4. The van der Waals surface area contributed by atoms with Crippen LogP contribution in [0.5, 0.6) is 0 Å². The Bertz CT molecular complexity index is 777. The number of rotatable bonds is 5. The predicted octanol–water partition coefficient (Wildman–Crippen LogP) is 1.12. The lowest BCUT2D eigenvalue weighted by Crippen LogP contribution is -3.41. The predicted molar refractivity (Wildman–Crippen MR) is 102 cm³/mol. The number of carbonyl (C=O) groups is 1. The first-order chi connectivity index (χ1) is 12.6. The second-order valence-corrected chi connectivity index (χ2v) is 9.16. The molecule has 4 bridgehead atoms. The number of aromatic amines is 1. The van der Waals surface area contributed by atoms with Crippen molar-refractivity contribution in [2.24, 2.45) is 10.8 Å². The summed E-state index contributed by atoms with van der Waals surface area (Å²) >= 11 is 0. The third kappa shape index (κ3) is 2.12. The molecule has 4 nitrogen and oxygen atoms in total. The van der Waals surface area contributed by atoms with Gasteiger partial charge in [-0.15, -0.1) is 0 Å². The van der Waals surface area contributed by atoms with Crippen LogP contribution in [-0.2, 0) is 4.79 Å². The minimum Gasteiger partial charge on any atom is -0.348 e. The van der Waals surface area contributed by atoms with Crippen LogP contribution in [0.2, 0.25) is 0 Å². The van der Waals surface area contributed by atoms with Gasteiger partial charge in [-0.3, -0.25) is 14.6 Å². The smallest absolute Gasteiger partial charge is 0.255 e. The molecule has 0 amide bonds. The zero-order valence-corrected chi connectivity index (χ0v) is 16.0. The highest BCUT2D eigenvalue weighted by Crippen LogP contribution is 2.42. The molecule has 6 rings (SSSR count). The molecule has 0 radical (unpaired) electrons. The van der Waals surface area contributed by atoms with Crippen LogP contribution in [0.15, 0.2) is 30.3 Å². The summed E-state index contributed by atoms with van der Waals surface area (Å²) in [6.45, 7) is 8.62. The van der Waals surface area contributed by atoms with E-state index in [4.69, 9.17) is 0 Å². The Labute approximate surface area is 155 Å². The van der Waals surface area contributed by atoms with Gasteiger partial charge in [0.25, 0.3) is 6.17 Å². The second-order valence-electron chi connectivity index (χ2n) is 9.16. The van der Waals surface area contributed by atoms with Gasteiger partial charge in [-0.25, -0.2) is 0 Å².